The van der Waals surface area contributed by atoms with Crippen LogP contribution in [0.4, 0.5) is 0 Å². The van der Waals surface area contributed by atoms with Crippen molar-refractivity contribution in [2.75, 3.05) is 7.11 Å². The zero-order valence-electron chi connectivity index (χ0n) is 8.04. The average Bonchev–Trinajstić information content (AvgIpc) is 2.61. The quantitative estimate of drug-likeness (QED) is 0.583. The first-order valence-corrected chi connectivity index (χ1v) is 4.13. The topological polar surface area (TPSA) is 39.9 Å². The van der Waals surface area contributed by atoms with Gasteiger partial charge < -0.3 is 4.40 Å². The molecule has 0 fully saturated rings. The van der Waals surface area contributed by atoms with E-state index in [2.05, 4.69) is 9.78 Å². The van der Waals surface area contributed by atoms with Crippen molar-refractivity contribution < 1.29 is 14.6 Å². The molecule has 0 aliphatic carbocycles. The third-order valence-corrected chi connectivity index (χ3v) is 1.95. The predicted molar refractivity (Wildman–Crippen MR) is 57.1 cm³/mol. The largest absolute Gasteiger partial charge is 0.375 e. The minimum atomic E-state index is -0.485. The first kappa shape index (κ1) is 11.6. The van der Waals surface area contributed by atoms with Gasteiger partial charge in [-0.05, 0) is 18.2 Å². The highest BCUT2D eigenvalue weighted by Crippen LogP contribution is 2.13. The molecule has 15 heavy (non-hydrogen) atoms. The van der Waals surface area contributed by atoms with Gasteiger partial charge in [0.25, 0.3) is 0 Å². The third-order valence-electron chi connectivity index (χ3n) is 1.95. The molecule has 2 heterocycles. The second kappa shape index (κ2) is 4.82. The molecule has 0 amide bonds. The van der Waals surface area contributed by atoms with Crippen LogP contribution in [0.2, 0.25) is 0 Å². The SMILES string of the molecule is COOC(=O)c1ccn2ccccc12.Cl. The van der Waals surface area contributed by atoms with Crippen LogP contribution in [0.25, 0.3) is 5.52 Å². The third kappa shape index (κ3) is 2.11. The van der Waals surface area contributed by atoms with Crippen LogP contribution >= 0.6 is 12.4 Å². The van der Waals surface area contributed by atoms with Crippen LogP contribution in [0.15, 0.2) is 36.7 Å². The highest BCUT2D eigenvalue weighted by atomic mass is 35.5. The fourth-order valence-electron chi connectivity index (χ4n) is 1.35. The van der Waals surface area contributed by atoms with Crippen molar-refractivity contribution in [1.29, 1.82) is 0 Å². The maximum absolute atomic E-state index is 11.4. The lowest BCUT2D eigenvalue weighted by Gasteiger charge is -1.98. The second-order valence-electron chi connectivity index (χ2n) is 2.76. The number of fused-ring (bicyclic) bond motifs is 1. The zero-order valence-corrected chi connectivity index (χ0v) is 8.86. The van der Waals surface area contributed by atoms with E-state index in [-0.39, 0.29) is 12.4 Å². The Morgan fingerprint density at radius 3 is 2.80 bits per heavy atom. The fraction of sp³-hybridized carbons (Fsp3) is 0.100. The molecule has 2 aromatic heterocycles. The number of halogens is 1. The van der Waals surface area contributed by atoms with Gasteiger partial charge in [-0.15, -0.1) is 12.4 Å². The number of hydrogen-bond donors (Lipinski definition) is 0. The van der Waals surface area contributed by atoms with Crippen LogP contribution < -0.4 is 0 Å². The van der Waals surface area contributed by atoms with E-state index in [1.165, 1.54) is 7.11 Å². The van der Waals surface area contributed by atoms with E-state index in [0.29, 0.717) is 5.56 Å². The highest BCUT2D eigenvalue weighted by molar-refractivity contribution is 5.96. The average molecular weight is 228 g/mol. The van der Waals surface area contributed by atoms with Crippen LogP contribution in [-0.4, -0.2) is 17.5 Å². The van der Waals surface area contributed by atoms with Crippen LogP contribution in [0.1, 0.15) is 10.4 Å². The minimum absolute atomic E-state index is 0. The molecule has 0 atom stereocenters. The first-order valence-electron chi connectivity index (χ1n) is 4.13. The van der Waals surface area contributed by atoms with Crippen molar-refractivity contribution in [3.05, 3.63) is 42.2 Å². The summed E-state index contributed by atoms with van der Waals surface area (Å²) >= 11 is 0. The summed E-state index contributed by atoms with van der Waals surface area (Å²) in [6.07, 6.45) is 3.65. The van der Waals surface area contributed by atoms with Crippen LogP contribution in [-0.2, 0) is 9.78 Å². The number of carbonyl (C=O) groups excluding carboxylic acids is 1. The van der Waals surface area contributed by atoms with Crippen LogP contribution in [0.3, 0.4) is 0 Å². The first-order chi connectivity index (χ1) is 6.83. The van der Waals surface area contributed by atoms with Gasteiger partial charge >= 0.3 is 5.97 Å². The Morgan fingerprint density at radius 1 is 1.27 bits per heavy atom. The summed E-state index contributed by atoms with van der Waals surface area (Å²) in [5, 5.41) is 0. The molecule has 0 N–H and O–H groups in total. The standard InChI is InChI=1S/C10H9NO3.ClH/c1-13-14-10(12)8-5-7-11-6-3-2-4-9(8)11;/h2-7H,1H3;1H. The van der Waals surface area contributed by atoms with Gasteiger partial charge in [-0.1, -0.05) is 6.07 Å². The summed E-state index contributed by atoms with van der Waals surface area (Å²) in [6, 6.07) is 7.28. The molecule has 0 unspecified atom stereocenters. The Balaban J connectivity index is 0.00000112. The van der Waals surface area contributed by atoms with Gasteiger partial charge in [0.2, 0.25) is 0 Å². The Bertz CT molecular complexity index is 466. The van der Waals surface area contributed by atoms with Gasteiger partial charge in [0, 0.05) is 12.4 Å². The van der Waals surface area contributed by atoms with Crippen molar-refractivity contribution in [2.45, 2.75) is 0 Å². The molecule has 4 nitrogen and oxygen atoms in total. The van der Waals surface area contributed by atoms with E-state index >= 15 is 0 Å². The van der Waals surface area contributed by atoms with E-state index in [1.807, 2.05) is 28.8 Å². The van der Waals surface area contributed by atoms with Crippen molar-refractivity contribution in [2.24, 2.45) is 0 Å². The lowest BCUT2D eigenvalue weighted by Crippen LogP contribution is -2.03. The molecule has 0 spiro atoms. The summed E-state index contributed by atoms with van der Waals surface area (Å²) in [4.78, 5) is 20.1. The maximum atomic E-state index is 11.4. The van der Waals surface area contributed by atoms with Gasteiger partial charge in [0.1, 0.15) is 0 Å². The summed E-state index contributed by atoms with van der Waals surface area (Å²) in [5.41, 5.74) is 1.29. The second-order valence-corrected chi connectivity index (χ2v) is 2.76. The van der Waals surface area contributed by atoms with Crippen molar-refractivity contribution >= 4 is 23.9 Å². The maximum Gasteiger partial charge on any atom is 0.375 e. The number of pyridine rings is 1. The van der Waals surface area contributed by atoms with E-state index in [4.69, 9.17) is 0 Å². The summed E-state index contributed by atoms with van der Waals surface area (Å²) in [6.45, 7) is 0. The molecular weight excluding hydrogens is 218 g/mol. The summed E-state index contributed by atoms with van der Waals surface area (Å²) < 4.78 is 1.84. The molecule has 5 heteroatoms. The molecule has 80 valence electrons. The minimum Gasteiger partial charge on any atom is -0.323 e. The molecule has 0 saturated heterocycles. The van der Waals surface area contributed by atoms with E-state index in [0.717, 1.165) is 5.52 Å². The lowest BCUT2D eigenvalue weighted by atomic mass is 10.2. The van der Waals surface area contributed by atoms with E-state index < -0.39 is 5.97 Å². The molecule has 0 aliphatic heterocycles. The number of rotatable bonds is 2. The normalized spacial score (nSPS) is 9.67. The number of nitrogens with zero attached hydrogens (tertiary/aromatic N) is 1. The number of aromatic nitrogens is 1. The van der Waals surface area contributed by atoms with Crippen molar-refractivity contribution in [3.63, 3.8) is 0 Å². The molecular formula is C10H10ClNO3. The zero-order chi connectivity index (χ0) is 9.97. The van der Waals surface area contributed by atoms with Gasteiger partial charge in [-0.25, -0.2) is 4.79 Å². The highest BCUT2D eigenvalue weighted by Gasteiger charge is 2.12. The predicted octanol–water partition coefficient (Wildman–Crippen LogP) is 2.08. The fourth-order valence-corrected chi connectivity index (χ4v) is 1.35. The molecule has 0 radical (unpaired) electrons. The smallest absolute Gasteiger partial charge is 0.323 e. The lowest BCUT2D eigenvalue weighted by molar-refractivity contribution is -0.216. The van der Waals surface area contributed by atoms with Gasteiger partial charge in [0.15, 0.2) is 0 Å². The van der Waals surface area contributed by atoms with Crippen molar-refractivity contribution in [1.82, 2.24) is 4.40 Å². The van der Waals surface area contributed by atoms with E-state index in [1.54, 1.807) is 12.3 Å². The molecule has 0 bridgehead atoms. The Morgan fingerprint density at radius 2 is 2.07 bits per heavy atom. The molecule has 0 saturated carbocycles. The van der Waals surface area contributed by atoms with Crippen LogP contribution in [0, 0.1) is 0 Å². The Labute approximate surface area is 92.8 Å². The molecule has 2 rings (SSSR count). The monoisotopic (exact) mass is 227 g/mol. The summed E-state index contributed by atoms with van der Waals surface area (Å²) in [5.74, 6) is -0.485. The Hall–Kier alpha value is -1.52. The number of hydrogen-bond acceptors (Lipinski definition) is 3. The number of carbonyl (C=O) groups is 1. The van der Waals surface area contributed by atoms with Crippen LogP contribution in [0.5, 0.6) is 0 Å². The van der Waals surface area contributed by atoms with E-state index in [9.17, 15) is 4.79 Å². The molecule has 0 aromatic carbocycles. The summed E-state index contributed by atoms with van der Waals surface area (Å²) in [7, 11) is 1.30. The molecule has 2 aromatic rings. The Kier molecular flexibility index (Phi) is 3.71. The van der Waals surface area contributed by atoms with Crippen molar-refractivity contribution in [3.8, 4) is 0 Å². The van der Waals surface area contributed by atoms with Gasteiger partial charge in [-0.3, -0.25) is 4.89 Å². The molecule has 0 aliphatic rings. The van der Waals surface area contributed by atoms with Gasteiger partial charge in [0.05, 0.1) is 18.2 Å². The van der Waals surface area contributed by atoms with Gasteiger partial charge in [-0.2, -0.15) is 4.89 Å².